The molecule has 125 heavy (non-hydrogen) atoms. The second-order valence-corrected chi connectivity index (χ2v) is 43.3. The van der Waals surface area contributed by atoms with Crippen molar-refractivity contribution < 1.29 is 121 Å². The van der Waals surface area contributed by atoms with Crippen molar-refractivity contribution in [1.29, 1.82) is 0 Å². The number of rotatable bonds is 53. The zero-order valence-corrected chi connectivity index (χ0v) is 76.3. The molecule has 0 radical (unpaired) electrons. The summed E-state index contributed by atoms with van der Waals surface area (Å²) in [5, 5.41) is 114. The lowest BCUT2D eigenvalue weighted by Crippen LogP contribution is -2.43. The van der Waals surface area contributed by atoms with Gasteiger partial charge in [0.2, 0.25) is 71.4 Å². The Bertz CT molecular complexity index is 5810. The van der Waals surface area contributed by atoms with Crippen LogP contribution in [0.3, 0.4) is 0 Å². The van der Waals surface area contributed by atoms with Gasteiger partial charge in [-0.05, 0) is 94.3 Å². The van der Waals surface area contributed by atoms with Gasteiger partial charge in [0.1, 0.15) is 44.9 Å². The predicted molar refractivity (Wildman–Crippen MR) is 481 cm³/mol. The quantitative estimate of drug-likeness (QED) is 0.00176. The average Bonchev–Trinajstić information content (AvgIpc) is 0.807. The summed E-state index contributed by atoms with van der Waals surface area (Å²) in [6.07, 6.45) is 5.75. The Morgan fingerprint density at radius 1 is 0.392 bits per heavy atom. The molecule has 4 aromatic heterocycles. The van der Waals surface area contributed by atoms with Crippen LogP contribution in [0.15, 0.2) is 92.4 Å². The highest BCUT2D eigenvalue weighted by atomic mass is 32.9. The molecule has 24 N–H and O–H groups in total. The Morgan fingerprint density at radius 3 is 0.920 bits per heavy atom. The fourth-order valence-corrected chi connectivity index (χ4v) is 15.2. The first kappa shape index (κ1) is 104. The molecular formula is C57H72N28O24S16-2. The fraction of sp³-hybridized carbons (Fsp3) is 0.263. The maximum atomic E-state index is 12.7. The van der Waals surface area contributed by atoms with Crippen molar-refractivity contribution in [3.8, 4) is 0 Å². The summed E-state index contributed by atoms with van der Waals surface area (Å²) in [6, 6.07) is 17.4. The Labute approximate surface area is 758 Å². The number of nitrogens with two attached hydrogens (primary N) is 4. The molecule has 4 atom stereocenters. The van der Waals surface area contributed by atoms with Crippen LogP contribution in [0, 0.1) is 0 Å². The van der Waals surface area contributed by atoms with E-state index >= 15 is 0 Å². The normalized spacial score (nSPS) is 13.5. The van der Waals surface area contributed by atoms with Crippen molar-refractivity contribution in [2.45, 2.75) is 19.6 Å². The smallest absolute Gasteiger partial charge is 0.301 e. The molecule has 0 aliphatic heterocycles. The summed E-state index contributed by atoms with van der Waals surface area (Å²) >= 11 is 30.1. The summed E-state index contributed by atoms with van der Waals surface area (Å²) in [4.78, 5) is 50.6. The molecule has 0 saturated heterocycles. The third-order valence-electron chi connectivity index (χ3n) is 14.2. The van der Waals surface area contributed by atoms with E-state index < -0.39 is 65.1 Å². The first-order chi connectivity index (χ1) is 59.3. The summed E-state index contributed by atoms with van der Waals surface area (Å²) in [5.74, 6) is 0.344. The number of hydrogen-bond donors (Lipinski definition) is 22. The highest BCUT2D eigenvalue weighted by Gasteiger charge is 2.22. The van der Waals surface area contributed by atoms with E-state index in [9.17, 15) is 63.8 Å². The van der Waals surface area contributed by atoms with Gasteiger partial charge < -0.3 is 102 Å². The van der Waals surface area contributed by atoms with Gasteiger partial charge in [0.15, 0.2) is 0 Å². The van der Waals surface area contributed by atoms with Crippen LogP contribution in [0.4, 0.5) is 94.1 Å². The van der Waals surface area contributed by atoms with Crippen molar-refractivity contribution in [1.82, 2.24) is 59.8 Å². The van der Waals surface area contributed by atoms with Crippen LogP contribution in [0.2, 0.25) is 0 Å². The van der Waals surface area contributed by atoms with Gasteiger partial charge in [0.05, 0.1) is 53.0 Å². The Morgan fingerprint density at radius 2 is 0.648 bits per heavy atom. The Kier molecular flexibility index (Phi) is 42.4. The van der Waals surface area contributed by atoms with Crippen molar-refractivity contribution in [3.05, 3.63) is 95.1 Å². The van der Waals surface area contributed by atoms with E-state index in [1.807, 2.05) is 0 Å². The van der Waals surface area contributed by atoms with Crippen LogP contribution in [0.25, 0.3) is 24.3 Å². The van der Waals surface area contributed by atoms with E-state index in [1.165, 1.54) is 66.4 Å². The van der Waals surface area contributed by atoms with E-state index in [4.69, 9.17) is 37.1 Å². The molecule has 0 saturated carbocycles. The molecular weight excluding hydrogens is 1970 g/mol. The molecule has 4 unspecified atom stereocenters. The fourth-order valence-electron chi connectivity index (χ4n) is 9.07. The number of thioether (sulfide) groups is 2. The molecule has 0 bridgehead atoms. The molecule has 0 fully saturated rings. The lowest BCUT2D eigenvalue weighted by Gasteiger charge is -2.14. The maximum Gasteiger partial charge on any atom is 0.301 e. The highest BCUT2D eigenvalue weighted by molar-refractivity contribution is 8.31. The van der Waals surface area contributed by atoms with E-state index in [-0.39, 0.29) is 159 Å². The van der Waals surface area contributed by atoms with Gasteiger partial charge in [-0.25, -0.2) is 27.4 Å². The topological polar surface area (TPSA) is 786 Å². The number of anilines is 16. The van der Waals surface area contributed by atoms with Crippen LogP contribution in [0.5, 0.6) is 0 Å². The summed E-state index contributed by atoms with van der Waals surface area (Å²) < 4.78 is 142. The van der Waals surface area contributed by atoms with Crippen LogP contribution in [-0.2, 0) is 136 Å². The van der Waals surface area contributed by atoms with Gasteiger partial charge in [0.25, 0.3) is 25.4 Å². The van der Waals surface area contributed by atoms with Crippen molar-refractivity contribution in [3.63, 3.8) is 0 Å². The average molecular weight is 2050 g/mol. The first-order valence-corrected chi connectivity index (χ1v) is 51.9. The molecule has 682 valence electrons. The number of aromatic nitrogens is 12. The molecule has 4 aromatic carbocycles. The molecule has 0 aliphatic rings. The molecule has 68 heteroatoms. The van der Waals surface area contributed by atoms with Crippen molar-refractivity contribution in [2.24, 2.45) is 11.5 Å². The number of benzene rings is 4. The lowest BCUT2D eigenvalue weighted by atomic mass is 10.1. The van der Waals surface area contributed by atoms with Gasteiger partial charge in [-0.2, -0.15) is 102 Å². The number of hydrogen-bond acceptors (Lipinski definition) is 56. The van der Waals surface area contributed by atoms with Crippen LogP contribution >= 0.6 is 72.9 Å². The third-order valence-corrected chi connectivity index (χ3v) is 25.5. The molecule has 0 aliphatic carbocycles. The molecule has 0 spiro atoms. The standard InChI is InChI=1S/C29H38N16O12S8.C28H36N12O12S8/c30-22(31)60-10-7-34-24-40-25(35-8-11-63(49,58)55-47)43-28(42-24)38-18-5-3-16(20(13-18)62-57-54-46)1-2-17-4-6-19(14-21(17)65(51,52)53)39-29-44-26(36-9-12-64(50,59)56-48)41-27(45-29)37-15-61-23(32)33;41-49-52-57-21-15-19(33-27-37-23(29-7-11-53)35-25(39-27)31-9-13-58(44,55)50-42)5-3-17(21)1-2-18-4-6-20(16-22(18)60(46,47)48)34-28-38-24(30-8-12-54)36-26(40-28)32-10-14-59(45,56)51-43/h1-6,13-14,46-48H,7-12,15H2,(H3,30,31)(H3,32,33)(H,51,52,53)(H3,34,35,38,40,42,43)(H3,36,37,39,41,44,45);1-6,15-16,41-43,53-54H,7-14H2,(H,46,47,48)(H3,29,31,33,35,37,39)(H3,30,32,34,36,38,40)/p-2/b2*2-1+. The van der Waals surface area contributed by atoms with Gasteiger partial charge in [-0.3, -0.25) is 31.4 Å². The van der Waals surface area contributed by atoms with Crippen molar-refractivity contribution in [2.75, 3.05) is 156 Å². The van der Waals surface area contributed by atoms with E-state index in [2.05, 4.69) is 225 Å². The zero-order valence-electron chi connectivity index (χ0n) is 63.1. The van der Waals surface area contributed by atoms with E-state index in [0.29, 0.717) is 93.3 Å². The van der Waals surface area contributed by atoms with Gasteiger partial charge in [-0.15, -0.1) is 8.67 Å². The number of nitrogens with zero attached hydrogens (tertiary/aromatic N) is 12. The van der Waals surface area contributed by atoms with Gasteiger partial charge >= 0.3 is 5.17 Å². The minimum absolute atomic E-state index is 0.000879. The second kappa shape index (κ2) is 51.1. The molecule has 52 nitrogen and oxygen atoms in total. The van der Waals surface area contributed by atoms with Crippen LogP contribution < -0.4 is 107 Å². The Balaban J connectivity index is 0.000000344. The zero-order chi connectivity index (χ0) is 91.4. The molecule has 8 rings (SSSR count). The number of thiol groups is 2. The summed E-state index contributed by atoms with van der Waals surface area (Å²) in [6.45, 7) is 0.719. The maximum absolute atomic E-state index is 12.7. The van der Waals surface area contributed by atoms with Crippen LogP contribution in [-0.4, -0.2) is 215 Å². The minimum atomic E-state index is -4.86. The van der Waals surface area contributed by atoms with Gasteiger partial charge in [-0.1, -0.05) is 58.6 Å². The lowest BCUT2D eigenvalue weighted by molar-refractivity contribution is -0.633. The largest absolute Gasteiger partial charge is 0.709 e. The van der Waals surface area contributed by atoms with E-state index in [0.717, 1.165) is 23.9 Å². The van der Waals surface area contributed by atoms with Crippen molar-refractivity contribution >= 4 is 302 Å². The minimum Gasteiger partial charge on any atom is -0.709 e. The van der Waals surface area contributed by atoms with E-state index in [1.54, 1.807) is 30.3 Å². The number of nitrogens with one attached hydrogen (secondary N) is 12. The third kappa shape index (κ3) is 37.9. The SMILES string of the molecule is NC(=[NH2+])SCCNc1nc(NCCS(=O)(=S)O[O-])nc(Nc2ccc(/C=C/c3ccc(Nc4nc(NCCS(=O)(=S)O[O-])nc(NCSC(N)=[NH2+])n4)cc3S(=O)(=O)O)c(SOOO)c2)n1.O=S(=O)(O)c1cc(Nc2nc(NCCS)nc(NCCS(=O)(=S)O[O-])n2)ccc1/C=C/c1ccc(Nc2nc(NCCS)nc(NCCS(=O)(=S)O[O-])n2)cc1SOOO. The van der Waals surface area contributed by atoms with Crippen LogP contribution in [0.1, 0.15) is 22.3 Å². The first-order valence-electron chi connectivity index (χ1n) is 33.9. The molecule has 8 aromatic rings. The molecule has 0 amide bonds. The number of amidine groups is 2. The van der Waals surface area contributed by atoms with Gasteiger partial charge in [0, 0.05) is 140 Å². The summed E-state index contributed by atoms with van der Waals surface area (Å²) in [5.41, 5.74) is 12.9. The molecule has 4 heterocycles. The Hall–Kier alpha value is -8.22. The highest BCUT2D eigenvalue weighted by Crippen LogP contribution is 2.34. The summed E-state index contributed by atoms with van der Waals surface area (Å²) in [7, 11) is -23.7. The predicted octanol–water partition coefficient (Wildman–Crippen LogP) is -2.68. The monoisotopic (exact) mass is 2040 g/mol. The second-order valence-electron chi connectivity index (χ2n) is 23.2.